The van der Waals surface area contributed by atoms with E-state index in [0.29, 0.717) is 11.2 Å². The van der Waals surface area contributed by atoms with Crippen molar-refractivity contribution in [2.45, 2.75) is 109 Å². The standard InChI is InChI=1S/C27H42F6N7O6P/c1-18(14-40-16-37-19-20(34)35-15-36-21(19)40)46-17-47(43,38-24(2,3)22(41)44-12-8-6-10-26(28,29)30)39-25(4,5)23(42)45-13-9-7-11-27(31,32)33/h15-16,18H,6-14,17H2,1-5H3,(H2,34,35,36)(H2,38,39,43)/t18-/m1/s1. The van der Waals surface area contributed by atoms with Crippen molar-refractivity contribution in [3.8, 4) is 0 Å². The molecule has 47 heavy (non-hydrogen) atoms. The number of unbranched alkanes of at least 4 members (excludes halogenated alkanes) is 2. The summed E-state index contributed by atoms with van der Waals surface area (Å²) in [5, 5.41) is 5.33. The van der Waals surface area contributed by atoms with Crippen LogP contribution in [0.2, 0.25) is 0 Å². The minimum atomic E-state index is -4.34. The van der Waals surface area contributed by atoms with E-state index in [-0.39, 0.29) is 51.3 Å². The zero-order valence-electron chi connectivity index (χ0n) is 26.8. The van der Waals surface area contributed by atoms with Gasteiger partial charge < -0.3 is 24.5 Å². The van der Waals surface area contributed by atoms with Crippen LogP contribution >= 0.6 is 7.44 Å². The number of rotatable bonds is 19. The molecule has 13 nitrogen and oxygen atoms in total. The average molecular weight is 706 g/mol. The molecule has 0 aliphatic rings. The summed E-state index contributed by atoms with van der Waals surface area (Å²) in [6.45, 7) is 6.51. The second-order valence-corrected chi connectivity index (χ2v) is 14.2. The lowest BCUT2D eigenvalue weighted by Gasteiger charge is -2.35. The molecule has 20 heteroatoms. The van der Waals surface area contributed by atoms with Gasteiger partial charge in [-0.2, -0.15) is 26.3 Å². The van der Waals surface area contributed by atoms with Crippen LogP contribution in [0.1, 0.15) is 73.1 Å². The summed E-state index contributed by atoms with van der Waals surface area (Å²) in [6, 6.07) is 0. The number of esters is 2. The number of nitrogens with two attached hydrogens (primary N) is 1. The smallest absolute Gasteiger partial charge is 0.389 e. The third kappa shape index (κ3) is 13.9. The Labute approximate surface area is 268 Å². The number of nitrogens with one attached hydrogen (secondary N) is 2. The van der Waals surface area contributed by atoms with E-state index in [0.717, 1.165) is 0 Å². The van der Waals surface area contributed by atoms with E-state index in [1.807, 2.05) is 0 Å². The molecule has 0 spiro atoms. The third-order valence-electron chi connectivity index (χ3n) is 6.54. The van der Waals surface area contributed by atoms with Crippen LogP contribution in [0.4, 0.5) is 32.2 Å². The maximum Gasteiger partial charge on any atom is 0.389 e. The highest BCUT2D eigenvalue weighted by atomic mass is 31.2. The molecule has 0 aliphatic heterocycles. The van der Waals surface area contributed by atoms with Gasteiger partial charge in [0, 0.05) is 12.8 Å². The van der Waals surface area contributed by atoms with Gasteiger partial charge in [0.25, 0.3) is 0 Å². The molecule has 0 unspecified atom stereocenters. The lowest BCUT2D eigenvalue weighted by Crippen LogP contribution is -2.54. The van der Waals surface area contributed by atoms with Crippen LogP contribution in [-0.2, 0) is 34.9 Å². The molecule has 2 aromatic rings. The number of imidazole rings is 1. The maximum atomic E-state index is 14.3. The molecule has 0 fully saturated rings. The number of aromatic nitrogens is 4. The highest BCUT2D eigenvalue weighted by molar-refractivity contribution is 7.59. The van der Waals surface area contributed by atoms with Gasteiger partial charge in [-0.15, -0.1) is 0 Å². The number of fused-ring (bicyclic) bond motifs is 1. The van der Waals surface area contributed by atoms with E-state index >= 15 is 0 Å². The van der Waals surface area contributed by atoms with Crippen molar-refractivity contribution in [2.24, 2.45) is 0 Å². The summed E-state index contributed by atoms with van der Waals surface area (Å²) < 4.78 is 107. The molecule has 0 amide bonds. The van der Waals surface area contributed by atoms with Crippen molar-refractivity contribution in [3.05, 3.63) is 12.7 Å². The number of hydrogen-bond acceptors (Lipinski definition) is 10. The second kappa shape index (κ2) is 16.4. The zero-order valence-corrected chi connectivity index (χ0v) is 27.7. The molecule has 0 aromatic carbocycles. The fourth-order valence-electron chi connectivity index (χ4n) is 4.23. The minimum absolute atomic E-state index is 0.0563. The molecular formula is C27H42F6N7O6P. The number of halogens is 6. The third-order valence-corrected chi connectivity index (χ3v) is 8.89. The van der Waals surface area contributed by atoms with Crippen molar-refractivity contribution in [1.82, 2.24) is 29.7 Å². The average Bonchev–Trinajstić information content (AvgIpc) is 3.33. The fraction of sp³-hybridized carbons (Fsp3) is 0.741. The van der Waals surface area contributed by atoms with E-state index in [9.17, 15) is 40.5 Å². The van der Waals surface area contributed by atoms with Gasteiger partial charge in [0.05, 0.1) is 32.2 Å². The van der Waals surface area contributed by atoms with Crippen molar-refractivity contribution in [3.63, 3.8) is 0 Å². The number of carbonyl (C=O) groups is 2. The van der Waals surface area contributed by atoms with Crippen LogP contribution in [0.25, 0.3) is 11.2 Å². The topological polar surface area (TPSA) is 173 Å². The molecule has 0 saturated heterocycles. The predicted octanol–water partition coefficient (Wildman–Crippen LogP) is 5.25. The molecule has 0 bridgehead atoms. The molecule has 2 aromatic heterocycles. The van der Waals surface area contributed by atoms with Gasteiger partial charge in [0.1, 0.15) is 29.3 Å². The van der Waals surface area contributed by atoms with E-state index in [2.05, 4.69) is 25.1 Å². The monoisotopic (exact) mass is 705 g/mol. The Morgan fingerprint density at radius 2 is 1.36 bits per heavy atom. The highest BCUT2D eigenvalue weighted by Crippen LogP contribution is 2.42. The first-order valence-corrected chi connectivity index (χ1v) is 16.6. The Kier molecular flexibility index (Phi) is 14.0. The van der Waals surface area contributed by atoms with Crippen molar-refractivity contribution in [1.29, 1.82) is 0 Å². The van der Waals surface area contributed by atoms with Gasteiger partial charge in [-0.25, -0.2) is 25.1 Å². The van der Waals surface area contributed by atoms with Gasteiger partial charge in [-0.3, -0.25) is 14.2 Å². The number of alkyl halides is 6. The Morgan fingerprint density at radius 3 is 1.83 bits per heavy atom. The van der Waals surface area contributed by atoms with Crippen LogP contribution in [0, 0.1) is 0 Å². The van der Waals surface area contributed by atoms with E-state index < -0.39 is 68.1 Å². The number of carbonyl (C=O) groups excluding carboxylic acids is 2. The number of ether oxygens (including phenoxy) is 3. The van der Waals surface area contributed by atoms with Gasteiger partial charge >= 0.3 is 24.3 Å². The van der Waals surface area contributed by atoms with E-state index in [4.69, 9.17) is 19.9 Å². The highest BCUT2D eigenvalue weighted by Gasteiger charge is 2.43. The Morgan fingerprint density at radius 1 is 0.872 bits per heavy atom. The maximum absolute atomic E-state index is 14.3. The fourth-order valence-corrected chi connectivity index (χ4v) is 6.86. The number of hydrogen-bond donors (Lipinski definition) is 3. The van der Waals surface area contributed by atoms with E-state index in [1.165, 1.54) is 40.3 Å². The first-order valence-electron chi connectivity index (χ1n) is 14.7. The summed E-state index contributed by atoms with van der Waals surface area (Å²) in [4.78, 5) is 38.0. The Bertz CT molecular complexity index is 1330. The summed E-state index contributed by atoms with van der Waals surface area (Å²) in [5.41, 5.74) is 3.24. The van der Waals surface area contributed by atoms with Crippen molar-refractivity contribution < 1.29 is 54.7 Å². The molecule has 1 atom stereocenters. The largest absolute Gasteiger partial charge is 0.464 e. The number of nitrogens with zero attached hydrogens (tertiary/aromatic N) is 4. The SMILES string of the molecule is C[C@H](Cn1cnc2c(N)ncnc21)OCP(=O)(NC(C)(C)C(=O)OCCCCC(F)(F)F)NC(C)(C)C(=O)OCCCCC(F)(F)F. The summed E-state index contributed by atoms with van der Waals surface area (Å²) in [7, 11) is -4.10. The molecule has 0 saturated carbocycles. The second-order valence-electron chi connectivity index (χ2n) is 12.1. The van der Waals surface area contributed by atoms with Gasteiger partial charge in [0.2, 0.25) is 7.44 Å². The van der Waals surface area contributed by atoms with Crippen LogP contribution in [0.5, 0.6) is 0 Å². The van der Waals surface area contributed by atoms with Crippen LogP contribution < -0.4 is 15.9 Å². The summed E-state index contributed by atoms with van der Waals surface area (Å²) in [5.74, 6) is -1.68. The zero-order chi connectivity index (χ0) is 35.7. The quantitative estimate of drug-likeness (QED) is 0.0751. The summed E-state index contributed by atoms with van der Waals surface area (Å²) >= 11 is 0. The van der Waals surface area contributed by atoms with Crippen LogP contribution in [-0.4, -0.2) is 80.6 Å². The molecular weight excluding hydrogens is 663 g/mol. The molecule has 0 radical (unpaired) electrons. The molecule has 2 heterocycles. The Balaban J connectivity index is 2.14. The molecule has 268 valence electrons. The lowest BCUT2D eigenvalue weighted by atomic mass is 10.1. The summed E-state index contributed by atoms with van der Waals surface area (Å²) in [6.07, 6.45) is -9.89. The minimum Gasteiger partial charge on any atom is -0.464 e. The van der Waals surface area contributed by atoms with E-state index in [1.54, 1.807) is 11.5 Å². The molecule has 4 N–H and O–H groups in total. The van der Waals surface area contributed by atoms with Gasteiger partial charge in [0.15, 0.2) is 11.5 Å². The van der Waals surface area contributed by atoms with Crippen molar-refractivity contribution in [2.75, 3.05) is 25.3 Å². The number of nitrogen functional groups attached to an aromatic ring is 1. The molecule has 2 rings (SSSR count). The normalized spacial score (nSPS) is 13.9. The molecule has 0 aliphatic carbocycles. The number of anilines is 1. The first-order chi connectivity index (χ1) is 21.5. The van der Waals surface area contributed by atoms with Crippen LogP contribution in [0.15, 0.2) is 12.7 Å². The Hall–Kier alpha value is -3.02. The van der Waals surface area contributed by atoms with Crippen molar-refractivity contribution >= 4 is 36.4 Å². The van der Waals surface area contributed by atoms with Gasteiger partial charge in [-0.1, -0.05) is 0 Å². The predicted molar refractivity (Wildman–Crippen MR) is 159 cm³/mol. The first kappa shape index (κ1) is 40.2. The van der Waals surface area contributed by atoms with Gasteiger partial charge in [-0.05, 0) is 60.3 Å². The van der Waals surface area contributed by atoms with Crippen LogP contribution in [0.3, 0.4) is 0 Å². The lowest BCUT2D eigenvalue weighted by molar-refractivity contribution is -0.151.